The fraction of sp³-hybridized carbons (Fsp3) is 0.273. The average molecular weight is 559 g/mol. The minimum atomic E-state index is -4.42. The van der Waals surface area contributed by atoms with Gasteiger partial charge < -0.3 is 20.9 Å². The number of aliphatic imine (C=N–C) groups is 1. The summed E-state index contributed by atoms with van der Waals surface area (Å²) in [5.41, 5.74) is 1.70. The highest BCUT2D eigenvalue weighted by Crippen LogP contribution is 2.29. The van der Waals surface area contributed by atoms with Crippen molar-refractivity contribution in [1.29, 1.82) is 0 Å². The number of para-hydroxylation sites is 1. The first-order valence-electron chi connectivity index (χ1n) is 9.83. The Morgan fingerprint density at radius 1 is 0.969 bits per heavy atom. The van der Waals surface area contributed by atoms with Crippen LogP contribution in [-0.2, 0) is 12.6 Å². The quantitative estimate of drug-likeness (QED) is 0.153. The number of rotatable bonds is 7. The highest BCUT2D eigenvalue weighted by atomic mass is 127. The molecule has 2 aromatic carbocycles. The molecule has 0 unspecified atom stereocenters. The second-order valence-electron chi connectivity index (χ2n) is 6.87. The maximum atomic E-state index is 12.6. The van der Waals surface area contributed by atoms with E-state index >= 15 is 0 Å². The van der Waals surface area contributed by atoms with Crippen molar-refractivity contribution in [2.75, 3.05) is 26.7 Å². The first-order valence-corrected chi connectivity index (χ1v) is 9.83. The van der Waals surface area contributed by atoms with Gasteiger partial charge in [-0.2, -0.15) is 13.2 Å². The van der Waals surface area contributed by atoms with Gasteiger partial charge in [0.05, 0.1) is 5.56 Å². The van der Waals surface area contributed by atoms with Crippen LogP contribution in [0.3, 0.4) is 0 Å². The van der Waals surface area contributed by atoms with Crippen molar-refractivity contribution in [2.24, 2.45) is 4.99 Å². The van der Waals surface area contributed by atoms with E-state index in [1.54, 1.807) is 7.05 Å². The highest BCUT2D eigenvalue weighted by molar-refractivity contribution is 14.0. The number of aromatic amines is 1. The lowest BCUT2D eigenvalue weighted by molar-refractivity contribution is -0.137. The van der Waals surface area contributed by atoms with E-state index in [-0.39, 0.29) is 29.5 Å². The van der Waals surface area contributed by atoms with Crippen molar-refractivity contribution in [1.82, 2.24) is 20.9 Å². The molecule has 0 saturated heterocycles. The van der Waals surface area contributed by atoms with Crippen LogP contribution in [0, 0.1) is 0 Å². The number of amides is 1. The van der Waals surface area contributed by atoms with E-state index in [9.17, 15) is 18.0 Å². The standard InChI is InChI=1S/C22H24F3N5O.HI/c1-26-21(28-11-10-16-14-30-19-5-3-2-4-18(16)19)29-13-12-27-20(31)15-6-8-17(9-7-15)22(23,24)25;/h2-9,14,30H,10-13H2,1H3,(H,27,31)(H2,26,28,29);1H. The molecule has 0 fully saturated rings. The van der Waals surface area contributed by atoms with Gasteiger partial charge in [-0.05, 0) is 42.3 Å². The van der Waals surface area contributed by atoms with Crippen molar-refractivity contribution >= 4 is 46.7 Å². The van der Waals surface area contributed by atoms with E-state index in [2.05, 4.69) is 32.0 Å². The van der Waals surface area contributed by atoms with Crippen LogP contribution >= 0.6 is 24.0 Å². The smallest absolute Gasteiger partial charge is 0.361 e. The molecular formula is C22H25F3IN5O. The first kappa shape index (κ1) is 25.5. The zero-order chi connectivity index (χ0) is 22.3. The SMILES string of the molecule is CN=C(NCCNC(=O)c1ccc(C(F)(F)F)cc1)NCCc1c[nH]c2ccccc12.I. The summed E-state index contributed by atoms with van der Waals surface area (Å²) in [6.07, 6.45) is -1.61. The summed E-state index contributed by atoms with van der Waals surface area (Å²) in [6, 6.07) is 12.2. The minimum Gasteiger partial charge on any atom is -0.361 e. The zero-order valence-electron chi connectivity index (χ0n) is 17.4. The molecule has 3 rings (SSSR count). The number of nitrogens with one attached hydrogen (secondary N) is 4. The lowest BCUT2D eigenvalue weighted by atomic mass is 10.1. The maximum Gasteiger partial charge on any atom is 0.416 e. The normalized spacial score (nSPS) is 11.7. The molecule has 0 bridgehead atoms. The van der Waals surface area contributed by atoms with Gasteiger partial charge in [-0.25, -0.2) is 0 Å². The molecular weight excluding hydrogens is 534 g/mol. The number of guanidine groups is 1. The lowest BCUT2D eigenvalue weighted by Crippen LogP contribution is -2.42. The van der Waals surface area contributed by atoms with E-state index in [1.807, 2.05) is 24.4 Å². The molecule has 0 radical (unpaired) electrons. The Kier molecular flexibility index (Phi) is 9.36. The molecule has 10 heteroatoms. The molecule has 0 spiro atoms. The molecule has 0 aliphatic carbocycles. The van der Waals surface area contributed by atoms with Crippen molar-refractivity contribution in [2.45, 2.75) is 12.6 Å². The van der Waals surface area contributed by atoms with E-state index in [1.165, 1.54) is 10.9 Å². The van der Waals surface area contributed by atoms with Gasteiger partial charge in [-0.3, -0.25) is 9.79 Å². The van der Waals surface area contributed by atoms with Crippen LogP contribution in [0.15, 0.2) is 59.7 Å². The van der Waals surface area contributed by atoms with Crippen molar-refractivity contribution < 1.29 is 18.0 Å². The third-order valence-corrected chi connectivity index (χ3v) is 4.76. The van der Waals surface area contributed by atoms with Crippen LogP contribution in [0.1, 0.15) is 21.5 Å². The Morgan fingerprint density at radius 3 is 2.31 bits per heavy atom. The van der Waals surface area contributed by atoms with Gasteiger partial charge in [0.25, 0.3) is 5.91 Å². The number of alkyl halides is 3. The maximum absolute atomic E-state index is 12.6. The fourth-order valence-electron chi connectivity index (χ4n) is 3.14. The number of carbonyl (C=O) groups is 1. The van der Waals surface area contributed by atoms with Gasteiger partial charge in [-0.15, -0.1) is 24.0 Å². The van der Waals surface area contributed by atoms with E-state index < -0.39 is 17.6 Å². The van der Waals surface area contributed by atoms with Crippen LogP contribution in [0.2, 0.25) is 0 Å². The third-order valence-electron chi connectivity index (χ3n) is 4.76. The Hall–Kier alpha value is -2.76. The zero-order valence-corrected chi connectivity index (χ0v) is 19.8. The van der Waals surface area contributed by atoms with Crippen LogP contribution in [0.25, 0.3) is 10.9 Å². The molecule has 32 heavy (non-hydrogen) atoms. The number of hydrogen-bond acceptors (Lipinski definition) is 2. The number of H-pyrrole nitrogens is 1. The molecule has 0 aliphatic rings. The Morgan fingerprint density at radius 2 is 1.62 bits per heavy atom. The summed E-state index contributed by atoms with van der Waals surface area (Å²) in [6.45, 7) is 1.39. The molecule has 6 nitrogen and oxygen atoms in total. The molecule has 0 saturated carbocycles. The number of hydrogen-bond donors (Lipinski definition) is 4. The molecule has 3 aromatic rings. The monoisotopic (exact) mass is 559 g/mol. The second-order valence-corrected chi connectivity index (χ2v) is 6.87. The largest absolute Gasteiger partial charge is 0.416 e. The second kappa shape index (κ2) is 11.7. The summed E-state index contributed by atoms with van der Waals surface area (Å²) in [4.78, 5) is 19.5. The summed E-state index contributed by atoms with van der Waals surface area (Å²) in [7, 11) is 1.65. The molecule has 1 amide bonds. The van der Waals surface area contributed by atoms with Crippen molar-refractivity contribution in [3.05, 3.63) is 71.4 Å². The highest BCUT2D eigenvalue weighted by Gasteiger charge is 2.30. The molecule has 0 atom stereocenters. The van der Waals surface area contributed by atoms with Crippen LogP contribution < -0.4 is 16.0 Å². The predicted octanol–water partition coefficient (Wildman–Crippen LogP) is 3.94. The number of aromatic nitrogens is 1. The summed E-state index contributed by atoms with van der Waals surface area (Å²) >= 11 is 0. The average Bonchev–Trinajstić information content (AvgIpc) is 3.18. The third kappa shape index (κ3) is 6.87. The van der Waals surface area contributed by atoms with E-state index in [4.69, 9.17) is 0 Å². The number of fused-ring (bicyclic) bond motifs is 1. The molecule has 4 N–H and O–H groups in total. The number of halogens is 4. The Labute approximate surface area is 201 Å². The molecule has 0 aliphatic heterocycles. The van der Waals surface area contributed by atoms with E-state index in [0.29, 0.717) is 25.6 Å². The molecule has 1 heterocycles. The van der Waals surface area contributed by atoms with Gasteiger partial charge in [-0.1, -0.05) is 18.2 Å². The first-order chi connectivity index (χ1) is 14.9. The summed E-state index contributed by atoms with van der Waals surface area (Å²) in [5, 5.41) is 10.2. The van der Waals surface area contributed by atoms with Gasteiger partial charge in [0, 0.05) is 49.3 Å². The lowest BCUT2D eigenvalue weighted by Gasteiger charge is -2.12. The summed E-state index contributed by atoms with van der Waals surface area (Å²) < 4.78 is 37.8. The predicted molar refractivity (Wildman–Crippen MR) is 131 cm³/mol. The molecule has 1 aromatic heterocycles. The van der Waals surface area contributed by atoms with Crippen LogP contribution in [0.4, 0.5) is 13.2 Å². The Bertz CT molecular complexity index is 1050. The minimum absolute atomic E-state index is 0. The number of carbonyl (C=O) groups excluding carboxylic acids is 1. The van der Waals surface area contributed by atoms with E-state index in [0.717, 1.165) is 36.2 Å². The summed E-state index contributed by atoms with van der Waals surface area (Å²) in [5.74, 6) is 0.168. The van der Waals surface area contributed by atoms with Crippen molar-refractivity contribution in [3.8, 4) is 0 Å². The van der Waals surface area contributed by atoms with Crippen LogP contribution in [0.5, 0.6) is 0 Å². The van der Waals surface area contributed by atoms with Crippen molar-refractivity contribution in [3.63, 3.8) is 0 Å². The van der Waals surface area contributed by atoms with Gasteiger partial charge in [0.2, 0.25) is 0 Å². The topological polar surface area (TPSA) is 81.3 Å². The van der Waals surface area contributed by atoms with Gasteiger partial charge in [0.1, 0.15) is 0 Å². The Balaban J connectivity index is 0.00000363. The number of benzene rings is 2. The van der Waals surface area contributed by atoms with Gasteiger partial charge >= 0.3 is 6.18 Å². The fourth-order valence-corrected chi connectivity index (χ4v) is 3.14. The van der Waals surface area contributed by atoms with Crippen LogP contribution in [-0.4, -0.2) is 43.5 Å². The van der Waals surface area contributed by atoms with Gasteiger partial charge in [0.15, 0.2) is 5.96 Å². The number of nitrogens with zero attached hydrogens (tertiary/aromatic N) is 1. The molecule has 172 valence electrons.